The van der Waals surface area contributed by atoms with Gasteiger partial charge in [-0.15, -0.1) is 0 Å². The van der Waals surface area contributed by atoms with Crippen LogP contribution in [-0.2, 0) is 14.8 Å². The molecule has 0 saturated carbocycles. The van der Waals surface area contributed by atoms with E-state index in [9.17, 15) is 22.4 Å². The molecular weight excluding hydrogens is 482 g/mol. The lowest BCUT2D eigenvalue weighted by Crippen LogP contribution is -2.34. The molecule has 1 unspecified atom stereocenters. The fourth-order valence-electron chi connectivity index (χ4n) is 3.08. The fraction of sp³-hybridized carbons (Fsp3) is 0.105. The quantitative estimate of drug-likeness (QED) is 0.556. The standard InChI is InChI=1S/C19H13ClF2N6O4S/c1-23-19(30)17-13-6-24-12(7-28(13)8-26-17)15-10(21)2-3-11(16(15)22)27-33(31,32)14-4-9(20)5-25-18(14)29/h2-8,14,27H,1H3,(H,23,30). The van der Waals surface area contributed by atoms with E-state index in [-0.39, 0.29) is 21.9 Å². The molecule has 1 aromatic carbocycles. The second-order valence-corrected chi connectivity index (χ2v) is 8.98. The first-order valence-corrected chi connectivity index (χ1v) is 11.0. The Morgan fingerprint density at radius 3 is 2.73 bits per heavy atom. The van der Waals surface area contributed by atoms with E-state index in [0.29, 0.717) is 0 Å². The first-order chi connectivity index (χ1) is 15.6. The van der Waals surface area contributed by atoms with Gasteiger partial charge in [0.1, 0.15) is 12.1 Å². The predicted molar refractivity (Wildman–Crippen MR) is 115 cm³/mol. The van der Waals surface area contributed by atoms with E-state index in [0.717, 1.165) is 24.4 Å². The minimum Gasteiger partial charge on any atom is -0.354 e. The van der Waals surface area contributed by atoms with Gasteiger partial charge in [0.2, 0.25) is 10.0 Å². The van der Waals surface area contributed by atoms with E-state index < -0.39 is 50.0 Å². The summed E-state index contributed by atoms with van der Waals surface area (Å²) in [5.41, 5.74) is -1.09. The number of dihydropyridines is 1. The largest absolute Gasteiger partial charge is 0.354 e. The van der Waals surface area contributed by atoms with Gasteiger partial charge >= 0.3 is 0 Å². The van der Waals surface area contributed by atoms with Gasteiger partial charge in [-0.05, 0) is 18.2 Å². The Bertz CT molecular complexity index is 1480. The summed E-state index contributed by atoms with van der Waals surface area (Å²) in [6.45, 7) is 0. The van der Waals surface area contributed by atoms with E-state index in [1.807, 2.05) is 4.72 Å². The van der Waals surface area contributed by atoms with Crippen LogP contribution >= 0.6 is 11.6 Å². The lowest BCUT2D eigenvalue weighted by molar-refractivity contribution is -0.116. The minimum absolute atomic E-state index is 0.0607. The molecule has 0 saturated heterocycles. The Morgan fingerprint density at radius 1 is 1.24 bits per heavy atom. The molecule has 2 amide bonds. The summed E-state index contributed by atoms with van der Waals surface area (Å²) in [6.07, 6.45) is 5.63. The highest BCUT2D eigenvalue weighted by atomic mass is 35.5. The van der Waals surface area contributed by atoms with Crippen molar-refractivity contribution in [2.24, 2.45) is 4.99 Å². The number of carbonyl (C=O) groups excluding carboxylic acids is 2. The van der Waals surface area contributed by atoms with Crippen molar-refractivity contribution >= 4 is 50.9 Å². The van der Waals surface area contributed by atoms with E-state index in [1.54, 1.807) is 0 Å². The van der Waals surface area contributed by atoms with Crippen molar-refractivity contribution in [2.45, 2.75) is 5.25 Å². The van der Waals surface area contributed by atoms with E-state index in [1.165, 1.54) is 30.2 Å². The number of benzene rings is 1. The molecule has 0 aliphatic carbocycles. The maximum absolute atomic E-state index is 15.2. The number of nitrogens with one attached hydrogen (secondary N) is 2. The first kappa shape index (κ1) is 22.5. The van der Waals surface area contributed by atoms with Gasteiger partial charge in [-0.1, -0.05) is 11.6 Å². The molecule has 0 bridgehead atoms. The van der Waals surface area contributed by atoms with Crippen LogP contribution in [-0.4, -0.2) is 53.1 Å². The van der Waals surface area contributed by atoms with Gasteiger partial charge in [-0.3, -0.25) is 19.3 Å². The molecule has 10 nitrogen and oxygen atoms in total. The first-order valence-electron chi connectivity index (χ1n) is 9.12. The molecule has 0 spiro atoms. The molecular formula is C19H13ClF2N6O4S. The summed E-state index contributed by atoms with van der Waals surface area (Å²) in [6, 6.07) is 1.71. The molecule has 4 rings (SSSR count). The smallest absolute Gasteiger partial charge is 0.271 e. The number of aromatic nitrogens is 3. The number of hydrogen-bond donors (Lipinski definition) is 2. The van der Waals surface area contributed by atoms with Crippen LogP contribution in [0.25, 0.3) is 16.8 Å². The van der Waals surface area contributed by atoms with Crippen LogP contribution in [0.5, 0.6) is 0 Å². The van der Waals surface area contributed by atoms with Gasteiger partial charge in [0.25, 0.3) is 11.8 Å². The van der Waals surface area contributed by atoms with Crippen LogP contribution in [0.1, 0.15) is 10.5 Å². The number of halogens is 3. The molecule has 170 valence electrons. The van der Waals surface area contributed by atoms with Crippen LogP contribution < -0.4 is 10.0 Å². The molecule has 2 aromatic heterocycles. The van der Waals surface area contributed by atoms with Crippen molar-refractivity contribution in [1.29, 1.82) is 0 Å². The van der Waals surface area contributed by atoms with Crippen LogP contribution in [0.2, 0.25) is 0 Å². The van der Waals surface area contributed by atoms with Gasteiger partial charge in [-0.2, -0.15) is 0 Å². The third kappa shape index (κ3) is 4.07. The molecule has 0 fully saturated rings. The third-order valence-corrected chi connectivity index (χ3v) is 6.40. The van der Waals surface area contributed by atoms with Crippen LogP contribution in [0.4, 0.5) is 14.5 Å². The Hall–Kier alpha value is -3.71. The van der Waals surface area contributed by atoms with E-state index in [4.69, 9.17) is 11.6 Å². The number of fused-ring (bicyclic) bond motifs is 1. The normalized spacial score (nSPS) is 16.1. The van der Waals surface area contributed by atoms with Crippen LogP contribution in [0.3, 0.4) is 0 Å². The summed E-state index contributed by atoms with van der Waals surface area (Å²) >= 11 is 5.72. The predicted octanol–water partition coefficient (Wildman–Crippen LogP) is 1.88. The molecule has 14 heteroatoms. The second-order valence-electron chi connectivity index (χ2n) is 6.74. The number of carbonyl (C=O) groups is 2. The van der Waals surface area contributed by atoms with Gasteiger partial charge in [0, 0.05) is 19.5 Å². The highest BCUT2D eigenvalue weighted by Gasteiger charge is 2.34. The molecule has 2 N–H and O–H groups in total. The lowest BCUT2D eigenvalue weighted by Gasteiger charge is -2.16. The van der Waals surface area contributed by atoms with Crippen molar-refractivity contribution in [3.05, 3.63) is 59.3 Å². The Labute approximate surface area is 190 Å². The highest BCUT2D eigenvalue weighted by Crippen LogP contribution is 2.31. The van der Waals surface area contributed by atoms with E-state index in [2.05, 4.69) is 20.3 Å². The molecule has 3 heterocycles. The monoisotopic (exact) mass is 494 g/mol. The number of sulfonamides is 1. The second kappa shape index (κ2) is 8.33. The number of allylic oxidation sites excluding steroid dienone is 1. The van der Waals surface area contributed by atoms with Gasteiger partial charge < -0.3 is 9.72 Å². The molecule has 33 heavy (non-hydrogen) atoms. The SMILES string of the molecule is CNC(=O)c1ncn2cc(-c3c(F)ccc(NS(=O)(=O)C4C=C(Cl)C=NC4=O)c3F)ncc12. The topological polar surface area (TPSA) is 135 Å². The van der Waals surface area contributed by atoms with Crippen LogP contribution in [0.15, 0.2) is 47.0 Å². The number of anilines is 1. The number of aliphatic imine (C=N–C) groups is 1. The molecule has 3 aromatic rings. The summed E-state index contributed by atoms with van der Waals surface area (Å²) in [5.74, 6) is -3.78. The summed E-state index contributed by atoms with van der Waals surface area (Å²) in [5, 5.41) is 0.544. The Morgan fingerprint density at radius 2 is 2.00 bits per heavy atom. The number of amides is 2. The van der Waals surface area contributed by atoms with Gasteiger partial charge in [0.15, 0.2) is 16.8 Å². The lowest BCUT2D eigenvalue weighted by atomic mass is 10.1. The third-order valence-electron chi connectivity index (χ3n) is 4.66. The molecule has 0 radical (unpaired) electrons. The molecule has 1 atom stereocenters. The van der Waals surface area contributed by atoms with Crippen molar-refractivity contribution in [3.8, 4) is 11.3 Å². The van der Waals surface area contributed by atoms with Crippen molar-refractivity contribution in [2.75, 3.05) is 11.8 Å². The molecule has 1 aliphatic rings. The maximum Gasteiger partial charge on any atom is 0.271 e. The fourth-order valence-corrected chi connectivity index (χ4v) is 4.57. The van der Waals surface area contributed by atoms with Gasteiger partial charge in [0.05, 0.1) is 33.7 Å². The average molecular weight is 495 g/mol. The zero-order valence-electron chi connectivity index (χ0n) is 16.6. The van der Waals surface area contributed by atoms with Crippen molar-refractivity contribution in [1.82, 2.24) is 19.7 Å². The summed E-state index contributed by atoms with van der Waals surface area (Å²) in [4.78, 5) is 35.1. The van der Waals surface area contributed by atoms with Crippen molar-refractivity contribution < 1.29 is 26.8 Å². The maximum atomic E-state index is 15.2. The highest BCUT2D eigenvalue weighted by molar-refractivity contribution is 7.94. The number of imidazole rings is 1. The Kier molecular flexibility index (Phi) is 5.68. The summed E-state index contributed by atoms with van der Waals surface area (Å²) in [7, 11) is -3.09. The average Bonchev–Trinajstić information content (AvgIpc) is 3.20. The number of nitrogens with zero attached hydrogens (tertiary/aromatic N) is 4. The van der Waals surface area contributed by atoms with Crippen LogP contribution in [0, 0.1) is 11.6 Å². The minimum atomic E-state index is -4.51. The zero-order valence-corrected chi connectivity index (χ0v) is 18.2. The van der Waals surface area contributed by atoms with Gasteiger partial charge in [-0.25, -0.2) is 27.2 Å². The van der Waals surface area contributed by atoms with E-state index >= 15 is 4.39 Å². The number of rotatable bonds is 5. The summed E-state index contributed by atoms with van der Waals surface area (Å²) < 4.78 is 58.3. The number of hydrogen-bond acceptors (Lipinski definition) is 6. The zero-order chi connectivity index (χ0) is 23.9. The Balaban J connectivity index is 1.74. The molecule has 1 aliphatic heterocycles. The van der Waals surface area contributed by atoms with Crippen molar-refractivity contribution in [3.63, 3.8) is 0 Å².